The fourth-order valence-electron chi connectivity index (χ4n) is 2.32. The first-order chi connectivity index (χ1) is 10.1. The molecular formula is C13H20N2O5S2. The Morgan fingerprint density at radius 1 is 1.55 bits per heavy atom. The number of sulfonamides is 1. The second-order valence-electron chi connectivity index (χ2n) is 5.62. The molecule has 0 unspecified atom stereocenters. The van der Waals surface area contributed by atoms with Crippen LogP contribution in [0.25, 0.3) is 0 Å². The molecule has 2 atom stereocenters. The summed E-state index contributed by atoms with van der Waals surface area (Å²) in [6, 6.07) is 3.59. The van der Waals surface area contributed by atoms with E-state index in [9.17, 15) is 23.4 Å². The van der Waals surface area contributed by atoms with E-state index >= 15 is 0 Å². The summed E-state index contributed by atoms with van der Waals surface area (Å²) in [4.78, 5) is 15.4. The Hall–Kier alpha value is -1.00. The molecular weight excluding hydrogens is 328 g/mol. The van der Waals surface area contributed by atoms with Crippen molar-refractivity contribution in [2.24, 2.45) is 0 Å². The van der Waals surface area contributed by atoms with E-state index in [1.54, 1.807) is 6.07 Å². The topological polar surface area (TPSA) is 107 Å². The number of rotatable bonds is 4. The molecule has 1 fully saturated rings. The highest BCUT2D eigenvalue weighted by Gasteiger charge is 2.42. The highest BCUT2D eigenvalue weighted by atomic mass is 32.2. The third kappa shape index (κ3) is 4.05. The summed E-state index contributed by atoms with van der Waals surface area (Å²) in [7, 11) is -3.46. The lowest BCUT2D eigenvalue weighted by Gasteiger charge is -2.41. The normalized spacial score (nSPS) is 26.2. The SMILES string of the molecule is Cc1ccc(C(=O)N2CC[C@@](O)(CNS(C)(=O)=O)[C@H](O)C2)s1. The molecule has 124 valence electrons. The van der Waals surface area contributed by atoms with E-state index in [0.717, 1.165) is 11.1 Å². The summed E-state index contributed by atoms with van der Waals surface area (Å²) < 4.78 is 24.4. The molecule has 2 rings (SSSR count). The molecule has 1 aliphatic rings. The van der Waals surface area contributed by atoms with Gasteiger partial charge in [-0.15, -0.1) is 11.3 Å². The van der Waals surface area contributed by atoms with Crippen LogP contribution in [0.1, 0.15) is 21.0 Å². The molecule has 2 heterocycles. The van der Waals surface area contributed by atoms with Gasteiger partial charge in [0.15, 0.2) is 0 Å². The van der Waals surface area contributed by atoms with E-state index in [-0.39, 0.29) is 32.0 Å². The monoisotopic (exact) mass is 348 g/mol. The van der Waals surface area contributed by atoms with Gasteiger partial charge in [-0.1, -0.05) is 0 Å². The zero-order valence-electron chi connectivity index (χ0n) is 12.4. The number of β-amino-alcohol motifs (C(OH)–C–C–N with tert-alkyl or cyclic N) is 1. The second kappa shape index (κ2) is 6.25. The summed E-state index contributed by atoms with van der Waals surface area (Å²) in [5, 5.41) is 20.5. The Morgan fingerprint density at radius 3 is 2.73 bits per heavy atom. The Morgan fingerprint density at radius 2 is 2.23 bits per heavy atom. The zero-order chi connectivity index (χ0) is 16.5. The number of thiophene rings is 1. The van der Waals surface area contributed by atoms with Crippen molar-refractivity contribution in [3.8, 4) is 0 Å². The van der Waals surface area contributed by atoms with E-state index in [1.807, 2.05) is 13.0 Å². The molecule has 0 radical (unpaired) electrons. The Kier molecular flexibility index (Phi) is 4.93. The number of aliphatic hydroxyl groups is 2. The van der Waals surface area contributed by atoms with Gasteiger partial charge in [-0.25, -0.2) is 13.1 Å². The molecule has 0 aliphatic carbocycles. The van der Waals surface area contributed by atoms with Crippen LogP contribution >= 0.6 is 11.3 Å². The van der Waals surface area contributed by atoms with Gasteiger partial charge in [0.25, 0.3) is 5.91 Å². The molecule has 0 aromatic carbocycles. The fraction of sp³-hybridized carbons (Fsp3) is 0.615. The molecule has 1 aromatic rings. The summed E-state index contributed by atoms with van der Waals surface area (Å²) in [5.41, 5.74) is -1.56. The number of carbonyl (C=O) groups is 1. The first kappa shape index (κ1) is 17.4. The zero-order valence-corrected chi connectivity index (χ0v) is 14.1. The predicted molar refractivity (Wildman–Crippen MR) is 83.4 cm³/mol. The minimum atomic E-state index is -3.46. The van der Waals surface area contributed by atoms with E-state index in [1.165, 1.54) is 16.2 Å². The van der Waals surface area contributed by atoms with E-state index in [2.05, 4.69) is 4.72 Å². The van der Waals surface area contributed by atoms with Gasteiger partial charge >= 0.3 is 0 Å². The molecule has 3 N–H and O–H groups in total. The minimum Gasteiger partial charge on any atom is -0.388 e. The van der Waals surface area contributed by atoms with Crippen LogP contribution in [0, 0.1) is 6.92 Å². The standard InChI is InChI=1S/C13H20N2O5S2/c1-9-3-4-10(21-9)12(17)15-6-5-13(18,11(16)7-15)8-14-22(2,19)20/h3-4,11,14,16,18H,5-8H2,1-2H3/t11-,13-/m1/s1. The van der Waals surface area contributed by atoms with Crippen molar-refractivity contribution in [2.45, 2.75) is 25.0 Å². The number of piperidine rings is 1. The van der Waals surface area contributed by atoms with Crippen LogP contribution in [0.2, 0.25) is 0 Å². The number of likely N-dealkylation sites (tertiary alicyclic amines) is 1. The van der Waals surface area contributed by atoms with Gasteiger partial charge in [0.1, 0.15) is 11.7 Å². The largest absolute Gasteiger partial charge is 0.388 e. The molecule has 0 spiro atoms. The second-order valence-corrected chi connectivity index (χ2v) is 8.75. The maximum atomic E-state index is 12.3. The molecule has 1 saturated heterocycles. The highest BCUT2D eigenvalue weighted by Crippen LogP contribution is 2.25. The average Bonchev–Trinajstić information content (AvgIpc) is 2.85. The van der Waals surface area contributed by atoms with E-state index in [4.69, 9.17) is 0 Å². The number of aryl methyl sites for hydroxylation is 1. The lowest BCUT2D eigenvalue weighted by Crippen LogP contribution is -2.61. The van der Waals surface area contributed by atoms with Crippen LogP contribution in [-0.4, -0.2) is 67.0 Å². The summed E-state index contributed by atoms with van der Waals surface area (Å²) in [5.74, 6) is -0.185. The number of carbonyl (C=O) groups excluding carboxylic acids is 1. The molecule has 1 aliphatic heterocycles. The molecule has 0 bridgehead atoms. The maximum absolute atomic E-state index is 12.3. The number of nitrogens with zero attached hydrogens (tertiary/aromatic N) is 1. The van der Waals surface area contributed by atoms with E-state index < -0.39 is 21.7 Å². The molecule has 0 saturated carbocycles. The van der Waals surface area contributed by atoms with Gasteiger partial charge in [0.05, 0.1) is 11.1 Å². The van der Waals surface area contributed by atoms with Crippen molar-refractivity contribution in [3.63, 3.8) is 0 Å². The van der Waals surface area contributed by atoms with Gasteiger partial charge in [-0.2, -0.15) is 0 Å². The minimum absolute atomic E-state index is 0.0300. The van der Waals surface area contributed by atoms with Crippen molar-refractivity contribution in [3.05, 3.63) is 21.9 Å². The van der Waals surface area contributed by atoms with Crippen molar-refractivity contribution in [1.29, 1.82) is 0 Å². The molecule has 7 nitrogen and oxygen atoms in total. The summed E-state index contributed by atoms with van der Waals surface area (Å²) >= 11 is 1.38. The van der Waals surface area contributed by atoms with Gasteiger partial charge in [0, 0.05) is 24.5 Å². The predicted octanol–water partition coefficient (Wildman–Crippen LogP) is -0.456. The third-order valence-electron chi connectivity index (χ3n) is 3.71. The van der Waals surface area contributed by atoms with Gasteiger partial charge in [-0.05, 0) is 25.5 Å². The fourth-order valence-corrected chi connectivity index (χ4v) is 3.66. The first-order valence-electron chi connectivity index (χ1n) is 6.81. The van der Waals surface area contributed by atoms with Crippen molar-refractivity contribution in [2.75, 3.05) is 25.9 Å². The Bertz CT molecular complexity index is 657. The van der Waals surface area contributed by atoms with Crippen molar-refractivity contribution in [1.82, 2.24) is 9.62 Å². The lowest BCUT2D eigenvalue weighted by molar-refractivity contribution is -0.107. The molecule has 1 amide bonds. The van der Waals surface area contributed by atoms with Crippen LogP contribution < -0.4 is 4.72 Å². The smallest absolute Gasteiger partial charge is 0.264 e. The molecule has 1 aromatic heterocycles. The maximum Gasteiger partial charge on any atom is 0.264 e. The number of amides is 1. The Balaban J connectivity index is 2.01. The quantitative estimate of drug-likeness (QED) is 0.683. The van der Waals surface area contributed by atoms with Crippen LogP contribution in [0.5, 0.6) is 0 Å². The van der Waals surface area contributed by atoms with E-state index in [0.29, 0.717) is 4.88 Å². The van der Waals surface area contributed by atoms with Gasteiger partial charge < -0.3 is 15.1 Å². The summed E-state index contributed by atoms with van der Waals surface area (Å²) in [6.45, 7) is 1.86. The number of nitrogens with one attached hydrogen (secondary N) is 1. The molecule has 22 heavy (non-hydrogen) atoms. The van der Waals surface area contributed by atoms with Crippen LogP contribution in [0.4, 0.5) is 0 Å². The van der Waals surface area contributed by atoms with Gasteiger partial charge in [0.2, 0.25) is 10.0 Å². The van der Waals surface area contributed by atoms with Crippen LogP contribution in [0.15, 0.2) is 12.1 Å². The average molecular weight is 348 g/mol. The number of hydrogen-bond acceptors (Lipinski definition) is 6. The van der Waals surface area contributed by atoms with Gasteiger partial charge in [-0.3, -0.25) is 4.79 Å². The lowest BCUT2D eigenvalue weighted by atomic mass is 9.88. The van der Waals surface area contributed by atoms with Crippen LogP contribution in [0.3, 0.4) is 0 Å². The first-order valence-corrected chi connectivity index (χ1v) is 9.52. The van der Waals surface area contributed by atoms with Crippen molar-refractivity contribution < 1.29 is 23.4 Å². The third-order valence-corrected chi connectivity index (χ3v) is 5.36. The molecule has 9 heteroatoms. The van der Waals surface area contributed by atoms with Crippen molar-refractivity contribution >= 4 is 27.3 Å². The number of aliphatic hydroxyl groups excluding tert-OH is 1. The highest BCUT2D eigenvalue weighted by molar-refractivity contribution is 7.88. The Labute approximate surface area is 133 Å². The van der Waals surface area contributed by atoms with Crippen LogP contribution in [-0.2, 0) is 10.0 Å². The summed E-state index contributed by atoms with van der Waals surface area (Å²) in [6.07, 6.45) is -0.117. The number of hydrogen-bond donors (Lipinski definition) is 3.